The third-order valence-electron chi connectivity index (χ3n) is 3.96. The molecule has 0 aromatic heterocycles. The zero-order valence-electron chi connectivity index (χ0n) is 12.5. The fraction of sp³-hybridized carbons (Fsp3) is 0.562. The molecule has 21 heavy (non-hydrogen) atoms. The molecule has 2 rings (SSSR count). The number of carbonyl (C=O) groups is 1. The second-order valence-electron chi connectivity index (χ2n) is 5.86. The number of benzene rings is 1. The number of aliphatic hydroxyl groups is 1. The van der Waals surface area contributed by atoms with Crippen LogP contribution in [-0.4, -0.2) is 28.9 Å². The SMILES string of the molecule is Cc1cc(SCC(=O)NCC2(O)CCCC2)c(C)cc1Br. The summed E-state index contributed by atoms with van der Waals surface area (Å²) in [4.78, 5) is 13.1. The monoisotopic (exact) mass is 371 g/mol. The molecule has 3 nitrogen and oxygen atoms in total. The molecule has 1 amide bonds. The smallest absolute Gasteiger partial charge is 0.230 e. The lowest BCUT2D eigenvalue weighted by molar-refractivity contribution is -0.119. The summed E-state index contributed by atoms with van der Waals surface area (Å²) in [6.45, 7) is 4.47. The predicted octanol–water partition coefficient (Wildman–Crippen LogP) is 3.58. The van der Waals surface area contributed by atoms with Gasteiger partial charge < -0.3 is 10.4 Å². The molecule has 0 atom stereocenters. The fourth-order valence-corrected chi connectivity index (χ4v) is 3.97. The van der Waals surface area contributed by atoms with Crippen molar-refractivity contribution in [3.8, 4) is 0 Å². The minimum absolute atomic E-state index is 0.0136. The molecule has 0 aliphatic heterocycles. The van der Waals surface area contributed by atoms with Gasteiger partial charge in [0, 0.05) is 15.9 Å². The van der Waals surface area contributed by atoms with Crippen molar-refractivity contribution < 1.29 is 9.90 Å². The van der Waals surface area contributed by atoms with E-state index in [-0.39, 0.29) is 5.91 Å². The van der Waals surface area contributed by atoms with E-state index in [1.54, 1.807) is 11.8 Å². The molecule has 5 heteroatoms. The van der Waals surface area contributed by atoms with Crippen LogP contribution >= 0.6 is 27.7 Å². The number of hydrogen-bond donors (Lipinski definition) is 2. The molecule has 0 radical (unpaired) electrons. The second-order valence-corrected chi connectivity index (χ2v) is 7.74. The van der Waals surface area contributed by atoms with E-state index in [1.807, 2.05) is 13.8 Å². The van der Waals surface area contributed by atoms with Gasteiger partial charge in [0.05, 0.1) is 11.4 Å². The normalized spacial score (nSPS) is 17.0. The van der Waals surface area contributed by atoms with Gasteiger partial charge in [-0.2, -0.15) is 0 Å². The van der Waals surface area contributed by atoms with Crippen LogP contribution in [0.1, 0.15) is 36.8 Å². The van der Waals surface area contributed by atoms with Gasteiger partial charge >= 0.3 is 0 Å². The van der Waals surface area contributed by atoms with Crippen LogP contribution in [0.3, 0.4) is 0 Å². The van der Waals surface area contributed by atoms with Crippen molar-refractivity contribution in [2.45, 2.75) is 50.0 Å². The minimum Gasteiger partial charge on any atom is -0.388 e. The molecule has 2 N–H and O–H groups in total. The Morgan fingerprint density at radius 2 is 2.00 bits per heavy atom. The zero-order chi connectivity index (χ0) is 15.5. The Morgan fingerprint density at radius 1 is 1.33 bits per heavy atom. The van der Waals surface area contributed by atoms with Gasteiger partial charge in [-0.1, -0.05) is 28.8 Å². The van der Waals surface area contributed by atoms with E-state index >= 15 is 0 Å². The van der Waals surface area contributed by atoms with E-state index in [4.69, 9.17) is 0 Å². The Bertz CT molecular complexity index is 527. The lowest BCUT2D eigenvalue weighted by Gasteiger charge is -2.22. The Hall–Kier alpha value is -0.520. The molecule has 1 saturated carbocycles. The third-order valence-corrected chi connectivity index (χ3v) is 5.98. The number of thioether (sulfide) groups is 1. The molecule has 1 aliphatic rings. The van der Waals surface area contributed by atoms with Crippen LogP contribution in [0.25, 0.3) is 0 Å². The summed E-state index contributed by atoms with van der Waals surface area (Å²) >= 11 is 5.06. The maximum atomic E-state index is 11.9. The van der Waals surface area contributed by atoms with Crippen molar-refractivity contribution in [2.75, 3.05) is 12.3 Å². The van der Waals surface area contributed by atoms with Crippen LogP contribution in [0.15, 0.2) is 21.5 Å². The standard InChI is InChI=1S/C16H22BrNO2S/c1-11-8-14(12(2)7-13(11)17)21-9-15(19)18-10-16(20)5-3-4-6-16/h7-8,20H,3-6,9-10H2,1-2H3,(H,18,19). The molecule has 0 spiro atoms. The molecule has 0 saturated heterocycles. The van der Waals surface area contributed by atoms with Crippen molar-refractivity contribution in [1.82, 2.24) is 5.32 Å². The lowest BCUT2D eigenvalue weighted by Crippen LogP contribution is -2.41. The molecular formula is C16H22BrNO2S. The highest BCUT2D eigenvalue weighted by atomic mass is 79.9. The Labute approximate surface area is 139 Å². The number of carbonyl (C=O) groups excluding carboxylic acids is 1. The summed E-state index contributed by atoms with van der Waals surface area (Å²) in [6.07, 6.45) is 3.70. The van der Waals surface area contributed by atoms with Gasteiger partial charge in [-0.05, 0) is 49.9 Å². The van der Waals surface area contributed by atoms with Gasteiger partial charge in [-0.3, -0.25) is 4.79 Å². The van der Waals surface area contributed by atoms with Crippen LogP contribution in [0.5, 0.6) is 0 Å². The van der Waals surface area contributed by atoms with Crippen LogP contribution in [0.2, 0.25) is 0 Å². The first-order valence-electron chi connectivity index (χ1n) is 7.28. The van der Waals surface area contributed by atoms with Crippen LogP contribution in [0, 0.1) is 13.8 Å². The highest BCUT2D eigenvalue weighted by Crippen LogP contribution is 2.29. The third kappa shape index (κ3) is 4.73. The average molecular weight is 372 g/mol. The molecule has 0 unspecified atom stereocenters. The van der Waals surface area contributed by atoms with Crippen LogP contribution < -0.4 is 5.32 Å². The number of amides is 1. The van der Waals surface area contributed by atoms with Gasteiger partial charge in [0.2, 0.25) is 5.91 Å². The largest absolute Gasteiger partial charge is 0.388 e. The average Bonchev–Trinajstić information content (AvgIpc) is 2.86. The Balaban J connectivity index is 1.82. The first-order valence-corrected chi connectivity index (χ1v) is 9.06. The highest BCUT2D eigenvalue weighted by molar-refractivity contribution is 9.10. The van der Waals surface area contributed by atoms with Gasteiger partial charge in [-0.15, -0.1) is 11.8 Å². The molecule has 1 aliphatic carbocycles. The summed E-state index contributed by atoms with van der Waals surface area (Å²) in [7, 11) is 0. The number of aryl methyl sites for hydroxylation is 2. The zero-order valence-corrected chi connectivity index (χ0v) is 14.9. The molecule has 0 bridgehead atoms. The quantitative estimate of drug-likeness (QED) is 0.777. The Kier molecular flexibility index (Phi) is 5.74. The molecule has 116 valence electrons. The molecule has 0 heterocycles. The van der Waals surface area contributed by atoms with Crippen molar-refractivity contribution in [2.24, 2.45) is 0 Å². The molecular weight excluding hydrogens is 350 g/mol. The van der Waals surface area contributed by atoms with E-state index in [9.17, 15) is 9.90 Å². The van der Waals surface area contributed by atoms with E-state index in [1.165, 1.54) is 11.1 Å². The van der Waals surface area contributed by atoms with Crippen molar-refractivity contribution in [3.63, 3.8) is 0 Å². The summed E-state index contributed by atoms with van der Waals surface area (Å²) in [6, 6.07) is 4.18. The topological polar surface area (TPSA) is 49.3 Å². The highest BCUT2D eigenvalue weighted by Gasteiger charge is 2.31. The van der Waals surface area contributed by atoms with Crippen molar-refractivity contribution in [1.29, 1.82) is 0 Å². The maximum Gasteiger partial charge on any atom is 0.230 e. The maximum absolute atomic E-state index is 11.9. The second kappa shape index (κ2) is 7.16. The molecule has 1 fully saturated rings. The fourth-order valence-electron chi connectivity index (χ4n) is 2.58. The Morgan fingerprint density at radius 3 is 2.67 bits per heavy atom. The first kappa shape index (κ1) is 16.8. The minimum atomic E-state index is -0.676. The van der Waals surface area contributed by atoms with E-state index < -0.39 is 5.60 Å². The molecule has 1 aromatic rings. The van der Waals surface area contributed by atoms with Gasteiger partial charge in [0.15, 0.2) is 0 Å². The summed E-state index contributed by atoms with van der Waals surface area (Å²) in [5.74, 6) is 0.373. The van der Waals surface area contributed by atoms with Crippen LogP contribution in [-0.2, 0) is 4.79 Å². The van der Waals surface area contributed by atoms with E-state index in [2.05, 4.69) is 33.4 Å². The summed E-state index contributed by atoms with van der Waals surface area (Å²) in [5.41, 5.74) is 1.66. The van der Waals surface area contributed by atoms with Gasteiger partial charge in [0.25, 0.3) is 0 Å². The summed E-state index contributed by atoms with van der Waals surface area (Å²) < 4.78 is 1.09. The summed E-state index contributed by atoms with van der Waals surface area (Å²) in [5, 5.41) is 13.1. The predicted molar refractivity (Wildman–Crippen MR) is 90.8 cm³/mol. The first-order chi connectivity index (χ1) is 9.89. The number of rotatable bonds is 5. The van der Waals surface area contributed by atoms with Crippen molar-refractivity contribution in [3.05, 3.63) is 27.7 Å². The van der Waals surface area contributed by atoms with Gasteiger partial charge in [-0.25, -0.2) is 0 Å². The number of nitrogens with one attached hydrogen (secondary N) is 1. The molecule has 1 aromatic carbocycles. The number of halogens is 1. The van der Waals surface area contributed by atoms with Crippen molar-refractivity contribution >= 4 is 33.6 Å². The van der Waals surface area contributed by atoms with E-state index in [0.717, 1.165) is 35.1 Å². The van der Waals surface area contributed by atoms with E-state index in [0.29, 0.717) is 12.3 Å². The van der Waals surface area contributed by atoms with Crippen LogP contribution in [0.4, 0.5) is 0 Å². The lowest BCUT2D eigenvalue weighted by atomic mass is 10.0. The number of hydrogen-bond acceptors (Lipinski definition) is 3. The van der Waals surface area contributed by atoms with Gasteiger partial charge in [0.1, 0.15) is 0 Å².